The van der Waals surface area contributed by atoms with Gasteiger partial charge in [-0.25, -0.2) is 4.39 Å². The number of hydrogen-bond acceptors (Lipinski definition) is 1. The lowest BCUT2D eigenvalue weighted by atomic mass is 10.0. The van der Waals surface area contributed by atoms with Crippen molar-refractivity contribution in [1.82, 2.24) is 0 Å². The van der Waals surface area contributed by atoms with Crippen LogP contribution >= 0.6 is 11.6 Å². The predicted molar refractivity (Wildman–Crippen MR) is 51.1 cm³/mol. The van der Waals surface area contributed by atoms with Crippen molar-refractivity contribution in [3.8, 4) is 0 Å². The van der Waals surface area contributed by atoms with Crippen LogP contribution in [0.3, 0.4) is 0 Å². The quantitative estimate of drug-likeness (QED) is 0.779. The Morgan fingerprint density at radius 3 is 2.69 bits per heavy atom. The first-order chi connectivity index (χ1) is 6.20. The molecule has 1 atom stereocenters. The van der Waals surface area contributed by atoms with E-state index in [-0.39, 0.29) is 11.9 Å². The highest BCUT2D eigenvalue weighted by molar-refractivity contribution is 6.31. The highest BCUT2D eigenvalue weighted by atomic mass is 35.5. The third kappa shape index (κ3) is 1.69. The van der Waals surface area contributed by atoms with E-state index < -0.39 is 0 Å². The molecule has 0 aromatic heterocycles. The van der Waals surface area contributed by atoms with Gasteiger partial charge in [-0.15, -0.1) is 0 Å². The summed E-state index contributed by atoms with van der Waals surface area (Å²) in [5.74, 6) is 0.140. The molecular formula is C10H11ClFN. The number of nitrogens with two attached hydrogens (primary N) is 1. The lowest BCUT2D eigenvalue weighted by Gasteiger charge is -2.13. The van der Waals surface area contributed by atoms with Gasteiger partial charge in [-0.3, -0.25) is 0 Å². The Hall–Kier alpha value is -0.600. The first-order valence-corrected chi connectivity index (χ1v) is 4.77. The zero-order valence-corrected chi connectivity index (χ0v) is 7.89. The van der Waals surface area contributed by atoms with E-state index in [0.717, 1.165) is 12.8 Å². The number of rotatable bonds is 2. The van der Waals surface area contributed by atoms with Crippen molar-refractivity contribution in [3.05, 3.63) is 34.6 Å². The molecule has 1 aromatic carbocycles. The van der Waals surface area contributed by atoms with Crippen molar-refractivity contribution < 1.29 is 4.39 Å². The van der Waals surface area contributed by atoms with Gasteiger partial charge >= 0.3 is 0 Å². The largest absolute Gasteiger partial charge is 0.324 e. The smallest absolute Gasteiger partial charge is 0.129 e. The van der Waals surface area contributed by atoms with Crippen LogP contribution in [0.15, 0.2) is 18.2 Å². The maximum absolute atomic E-state index is 13.3. The van der Waals surface area contributed by atoms with Crippen LogP contribution in [0.2, 0.25) is 5.02 Å². The zero-order chi connectivity index (χ0) is 9.42. The van der Waals surface area contributed by atoms with E-state index in [0.29, 0.717) is 16.5 Å². The molecule has 2 rings (SSSR count). The molecule has 0 spiro atoms. The van der Waals surface area contributed by atoms with E-state index in [1.54, 1.807) is 12.1 Å². The van der Waals surface area contributed by atoms with Gasteiger partial charge in [-0.05, 0) is 30.9 Å². The lowest BCUT2D eigenvalue weighted by Crippen LogP contribution is -2.14. The molecule has 0 aliphatic heterocycles. The molecule has 2 N–H and O–H groups in total. The monoisotopic (exact) mass is 199 g/mol. The van der Waals surface area contributed by atoms with Gasteiger partial charge in [0.05, 0.1) is 0 Å². The Kier molecular flexibility index (Phi) is 2.26. The van der Waals surface area contributed by atoms with E-state index in [1.807, 2.05) is 0 Å². The fraction of sp³-hybridized carbons (Fsp3) is 0.400. The molecule has 1 aliphatic carbocycles. The summed E-state index contributed by atoms with van der Waals surface area (Å²) in [5.41, 5.74) is 6.36. The van der Waals surface area contributed by atoms with Crippen LogP contribution in [-0.2, 0) is 0 Å². The van der Waals surface area contributed by atoms with E-state index in [9.17, 15) is 4.39 Å². The van der Waals surface area contributed by atoms with Crippen LogP contribution < -0.4 is 5.73 Å². The van der Waals surface area contributed by atoms with Crippen molar-refractivity contribution in [1.29, 1.82) is 0 Å². The number of benzene rings is 1. The average Bonchev–Trinajstić information content (AvgIpc) is 2.85. The van der Waals surface area contributed by atoms with Gasteiger partial charge in [0.15, 0.2) is 0 Å². The van der Waals surface area contributed by atoms with E-state index in [4.69, 9.17) is 17.3 Å². The Bertz CT molecular complexity index is 302. The Labute approximate surface area is 81.7 Å². The van der Waals surface area contributed by atoms with Crippen LogP contribution in [0.4, 0.5) is 4.39 Å². The van der Waals surface area contributed by atoms with Gasteiger partial charge in [-0.2, -0.15) is 0 Å². The summed E-state index contributed by atoms with van der Waals surface area (Å²) in [6.45, 7) is 0. The van der Waals surface area contributed by atoms with Crippen molar-refractivity contribution in [3.63, 3.8) is 0 Å². The SMILES string of the molecule is N[C@H](c1c(F)cccc1Cl)C1CC1. The molecule has 1 aromatic rings. The maximum atomic E-state index is 13.3. The summed E-state index contributed by atoms with van der Waals surface area (Å²) in [4.78, 5) is 0. The summed E-state index contributed by atoms with van der Waals surface area (Å²) in [7, 11) is 0. The van der Waals surface area contributed by atoms with Gasteiger partial charge in [0.2, 0.25) is 0 Å². The summed E-state index contributed by atoms with van der Waals surface area (Å²) in [6, 6.07) is 4.46. The second-order valence-electron chi connectivity index (χ2n) is 3.50. The fourth-order valence-corrected chi connectivity index (χ4v) is 1.81. The van der Waals surface area contributed by atoms with Crippen LogP contribution in [0.5, 0.6) is 0 Å². The van der Waals surface area contributed by atoms with E-state index >= 15 is 0 Å². The second-order valence-corrected chi connectivity index (χ2v) is 3.91. The van der Waals surface area contributed by atoms with E-state index in [1.165, 1.54) is 6.07 Å². The molecule has 70 valence electrons. The lowest BCUT2D eigenvalue weighted by molar-refractivity contribution is 0.554. The first-order valence-electron chi connectivity index (χ1n) is 4.39. The van der Waals surface area contributed by atoms with Crippen molar-refractivity contribution in [2.45, 2.75) is 18.9 Å². The molecule has 1 nitrogen and oxygen atoms in total. The topological polar surface area (TPSA) is 26.0 Å². The summed E-state index contributed by atoms with van der Waals surface area (Å²) < 4.78 is 13.3. The molecule has 0 unspecified atom stereocenters. The van der Waals surface area contributed by atoms with Crippen LogP contribution in [0.1, 0.15) is 24.4 Å². The molecule has 1 aliphatic rings. The molecule has 0 bridgehead atoms. The van der Waals surface area contributed by atoms with E-state index in [2.05, 4.69) is 0 Å². The fourth-order valence-electron chi connectivity index (χ4n) is 1.52. The highest BCUT2D eigenvalue weighted by Gasteiger charge is 2.32. The molecular weight excluding hydrogens is 189 g/mol. The van der Waals surface area contributed by atoms with Crippen LogP contribution in [-0.4, -0.2) is 0 Å². The Balaban J connectivity index is 2.36. The molecule has 0 radical (unpaired) electrons. The number of halogens is 2. The summed E-state index contributed by atoms with van der Waals surface area (Å²) in [5, 5.41) is 0.444. The van der Waals surface area contributed by atoms with Crippen LogP contribution in [0.25, 0.3) is 0 Å². The van der Waals surface area contributed by atoms with Crippen LogP contribution in [0, 0.1) is 11.7 Å². The molecule has 1 fully saturated rings. The average molecular weight is 200 g/mol. The zero-order valence-electron chi connectivity index (χ0n) is 7.13. The summed E-state index contributed by atoms with van der Waals surface area (Å²) in [6.07, 6.45) is 2.18. The van der Waals surface area contributed by atoms with Crippen molar-refractivity contribution in [2.24, 2.45) is 11.7 Å². The van der Waals surface area contributed by atoms with Gasteiger partial charge in [0, 0.05) is 16.6 Å². The Morgan fingerprint density at radius 1 is 1.46 bits per heavy atom. The highest BCUT2D eigenvalue weighted by Crippen LogP contribution is 2.42. The predicted octanol–water partition coefficient (Wildman–Crippen LogP) is 2.89. The number of hydrogen-bond donors (Lipinski definition) is 1. The molecule has 0 saturated heterocycles. The van der Waals surface area contributed by atoms with Gasteiger partial charge in [0.25, 0.3) is 0 Å². The summed E-state index contributed by atoms with van der Waals surface area (Å²) >= 11 is 5.88. The maximum Gasteiger partial charge on any atom is 0.129 e. The molecule has 3 heteroatoms. The third-order valence-electron chi connectivity index (χ3n) is 2.46. The molecule has 0 heterocycles. The molecule has 0 amide bonds. The first kappa shape index (κ1) is 8.97. The normalized spacial score (nSPS) is 18.7. The van der Waals surface area contributed by atoms with Crippen molar-refractivity contribution >= 4 is 11.6 Å². The minimum Gasteiger partial charge on any atom is -0.324 e. The Morgan fingerprint density at radius 2 is 2.15 bits per heavy atom. The second kappa shape index (κ2) is 3.28. The van der Waals surface area contributed by atoms with Gasteiger partial charge < -0.3 is 5.73 Å². The molecule has 1 saturated carbocycles. The minimum absolute atomic E-state index is 0.228. The van der Waals surface area contributed by atoms with Gasteiger partial charge in [-0.1, -0.05) is 17.7 Å². The van der Waals surface area contributed by atoms with Crippen molar-refractivity contribution in [2.75, 3.05) is 0 Å². The standard InChI is InChI=1S/C10H11ClFN/c11-7-2-1-3-8(12)9(7)10(13)6-4-5-6/h1-3,6,10H,4-5,13H2/t10-/m0/s1. The molecule has 13 heavy (non-hydrogen) atoms. The van der Waals surface area contributed by atoms with Gasteiger partial charge in [0.1, 0.15) is 5.82 Å². The minimum atomic E-state index is -0.285. The third-order valence-corrected chi connectivity index (χ3v) is 2.79.